The first-order valence-corrected chi connectivity index (χ1v) is 3.67. The normalized spacial score (nSPS) is 10.5. The minimum Gasteiger partial charge on any atom is -0.268 e. The van der Waals surface area contributed by atoms with Gasteiger partial charge in [0.25, 0.3) is 5.56 Å². The highest BCUT2D eigenvalue weighted by atomic mass is 16.1. The summed E-state index contributed by atoms with van der Waals surface area (Å²) in [7, 11) is 0. The number of aromatic nitrogens is 2. The molecule has 0 amide bonds. The van der Waals surface area contributed by atoms with Gasteiger partial charge in [0.15, 0.2) is 0 Å². The topological polar surface area (TPSA) is 34.9 Å². The van der Waals surface area contributed by atoms with Gasteiger partial charge < -0.3 is 0 Å². The predicted octanol–water partition coefficient (Wildman–Crippen LogP) is 1.13. The SMILES string of the molecule is Cc1ccnn(C(C)C)c1=O. The summed E-state index contributed by atoms with van der Waals surface area (Å²) in [6.07, 6.45) is 1.65. The Morgan fingerprint density at radius 1 is 1.55 bits per heavy atom. The summed E-state index contributed by atoms with van der Waals surface area (Å²) >= 11 is 0. The first-order chi connectivity index (χ1) is 5.13. The van der Waals surface area contributed by atoms with E-state index in [4.69, 9.17) is 0 Å². The highest BCUT2D eigenvalue weighted by molar-refractivity contribution is 5.03. The van der Waals surface area contributed by atoms with E-state index in [9.17, 15) is 4.79 Å². The summed E-state index contributed by atoms with van der Waals surface area (Å²) in [6.45, 7) is 5.67. The fraction of sp³-hybridized carbons (Fsp3) is 0.500. The summed E-state index contributed by atoms with van der Waals surface area (Å²) in [6, 6.07) is 1.86. The second-order valence-electron chi connectivity index (χ2n) is 2.86. The van der Waals surface area contributed by atoms with E-state index < -0.39 is 0 Å². The second-order valence-corrected chi connectivity index (χ2v) is 2.86. The van der Waals surface area contributed by atoms with Crippen molar-refractivity contribution in [3.8, 4) is 0 Å². The lowest BCUT2D eigenvalue weighted by Gasteiger charge is -2.07. The molecule has 0 fully saturated rings. The molecule has 3 nitrogen and oxygen atoms in total. The van der Waals surface area contributed by atoms with Gasteiger partial charge in [0, 0.05) is 11.8 Å². The van der Waals surface area contributed by atoms with E-state index in [1.807, 2.05) is 13.8 Å². The summed E-state index contributed by atoms with van der Waals surface area (Å²) in [5.41, 5.74) is 0.746. The van der Waals surface area contributed by atoms with Crippen LogP contribution in [0, 0.1) is 6.92 Å². The predicted molar refractivity (Wildman–Crippen MR) is 43.6 cm³/mol. The van der Waals surface area contributed by atoms with Gasteiger partial charge in [-0.25, -0.2) is 4.68 Å². The summed E-state index contributed by atoms with van der Waals surface area (Å²) in [5.74, 6) is 0. The zero-order valence-corrected chi connectivity index (χ0v) is 7.03. The van der Waals surface area contributed by atoms with E-state index in [1.54, 1.807) is 19.2 Å². The smallest absolute Gasteiger partial charge is 0.268 e. The Morgan fingerprint density at radius 2 is 2.18 bits per heavy atom. The third kappa shape index (κ3) is 1.48. The van der Waals surface area contributed by atoms with Gasteiger partial charge in [-0.2, -0.15) is 5.10 Å². The first kappa shape index (κ1) is 7.98. The second kappa shape index (κ2) is 2.86. The van der Waals surface area contributed by atoms with Crippen LogP contribution in [0.1, 0.15) is 25.5 Å². The molecule has 1 aromatic rings. The van der Waals surface area contributed by atoms with E-state index in [1.165, 1.54) is 4.68 Å². The van der Waals surface area contributed by atoms with Gasteiger partial charge in [-0.05, 0) is 26.8 Å². The van der Waals surface area contributed by atoms with Crippen LogP contribution in [-0.2, 0) is 0 Å². The van der Waals surface area contributed by atoms with Crippen molar-refractivity contribution in [1.29, 1.82) is 0 Å². The van der Waals surface area contributed by atoms with Crippen molar-refractivity contribution in [2.24, 2.45) is 0 Å². The van der Waals surface area contributed by atoms with Gasteiger partial charge >= 0.3 is 0 Å². The number of hydrogen-bond donors (Lipinski definition) is 0. The van der Waals surface area contributed by atoms with Crippen molar-refractivity contribution in [3.05, 3.63) is 28.2 Å². The zero-order valence-electron chi connectivity index (χ0n) is 7.03. The van der Waals surface area contributed by atoms with Crippen molar-refractivity contribution < 1.29 is 0 Å². The molecule has 0 aliphatic rings. The number of hydrogen-bond acceptors (Lipinski definition) is 2. The Bertz CT molecular complexity index is 301. The van der Waals surface area contributed by atoms with Crippen LogP contribution in [0.15, 0.2) is 17.1 Å². The van der Waals surface area contributed by atoms with E-state index in [0.29, 0.717) is 0 Å². The molecule has 1 heterocycles. The van der Waals surface area contributed by atoms with E-state index >= 15 is 0 Å². The maximum atomic E-state index is 11.3. The molecule has 0 N–H and O–H groups in total. The fourth-order valence-corrected chi connectivity index (χ4v) is 0.889. The Balaban J connectivity index is 3.28. The lowest BCUT2D eigenvalue weighted by Crippen LogP contribution is -2.25. The minimum absolute atomic E-state index is 0.00231. The van der Waals surface area contributed by atoms with Crippen molar-refractivity contribution in [1.82, 2.24) is 9.78 Å². The molecule has 0 aliphatic carbocycles. The molecular weight excluding hydrogens is 140 g/mol. The highest BCUT2D eigenvalue weighted by Crippen LogP contribution is 1.96. The van der Waals surface area contributed by atoms with E-state index in [2.05, 4.69) is 5.10 Å². The Labute approximate surface area is 65.7 Å². The molecule has 0 aliphatic heterocycles. The van der Waals surface area contributed by atoms with Crippen LogP contribution in [-0.4, -0.2) is 9.78 Å². The standard InChI is InChI=1S/C8H12N2O/c1-6(2)10-8(11)7(3)4-5-9-10/h4-6H,1-3H3. The molecular formula is C8H12N2O. The van der Waals surface area contributed by atoms with Crippen LogP contribution in [0.25, 0.3) is 0 Å². The summed E-state index contributed by atoms with van der Waals surface area (Å²) in [4.78, 5) is 11.3. The number of aryl methyl sites for hydroxylation is 1. The summed E-state index contributed by atoms with van der Waals surface area (Å²) < 4.78 is 1.48. The maximum absolute atomic E-state index is 11.3. The van der Waals surface area contributed by atoms with Crippen LogP contribution < -0.4 is 5.56 Å². The largest absolute Gasteiger partial charge is 0.269 e. The molecule has 0 saturated carbocycles. The van der Waals surface area contributed by atoms with Crippen LogP contribution in [0.5, 0.6) is 0 Å². The van der Waals surface area contributed by atoms with Gasteiger partial charge in [-0.15, -0.1) is 0 Å². The van der Waals surface area contributed by atoms with Crippen LogP contribution in [0.4, 0.5) is 0 Å². The molecule has 0 spiro atoms. The first-order valence-electron chi connectivity index (χ1n) is 3.67. The lowest BCUT2D eigenvalue weighted by atomic mass is 10.3. The van der Waals surface area contributed by atoms with Crippen LogP contribution >= 0.6 is 0 Å². The van der Waals surface area contributed by atoms with Crippen molar-refractivity contribution in [2.45, 2.75) is 26.8 Å². The van der Waals surface area contributed by atoms with Gasteiger partial charge in [-0.3, -0.25) is 4.79 Å². The van der Waals surface area contributed by atoms with Crippen molar-refractivity contribution >= 4 is 0 Å². The van der Waals surface area contributed by atoms with Gasteiger partial charge in [0.05, 0.1) is 6.04 Å². The monoisotopic (exact) mass is 152 g/mol. The molecule has 60 valence electrons. The molecule has 0 bridgehead atoms. The van der Waals surface area contributed by atoms with E-state index in [0.717, 1.165) is 5.56 Å². The Hall–Kier alpha value is -1.12. The quantitative estimate of drug-likeness (QED) is 0.604. The fourth-order valence-electron chi connectivity index (χ4n) is 0.889. The number of rotatable bonds is 1. The molecule has 3 heteroatoms. The molecule has 1 aromatic heterocycles. The summed E-state index contributed by atoms with van der Waals surface area (Å²) in [5, 5.41) is 3.94. The molecule has 11 heavy (non-hydrogen) atoms. The highest BCUT2D eigenvalue weighted by Gasteiger charge is 2.01. The van der Waals surface area contributed by atoms with Crippen molar-refractivity contribution in [2.75, 3.05) is 0 Å². The average molecular weight is 152 g/mol. The molecule has 0 unspecified atom stereocenters. The molecule has 1 rings (SSSR count). The molecule has 0 atom stereocenters. The zero-order chi connectivity index (χ0) is 8.43. The Morgan fingerprint density at radius 3 is 2.64 bits per heavy atom. The van der Waals surface area contributed by atoms with Gasteiger partial charge in [0.1, 0.15) is 0 Å². The van der Waals surface area contributed by atoms with Crippen molar-refractivity contribution in [3.63, 3.8) is 0 Å². The van der Waals surface area contributed by atoms with Gasteiger partial charge in [-0.1, -0.05) is 0 Å². The Kier molecular flexibility index (Phi) is 2.08. The molecule has 0 aromatic carbocycles. The van der Waals surface area contributed by atoms with Crippen LogP contribution in [0.3, 0.4) is 0 Å². The third-order valence-electron chi connectivity index (χ3n) is 1.55. The minimum atomic E-state index is 0.00231. The average Bonchev–Trinajstić information content (AvgIpc) is 1.94. The number of nitrogens with zero attached hydrogens (tertiary/aromatic N) is 2. The third-order valence-corrected chi connectivity index (χ3v) is 1.55. The van der Waals surface area contributed by atoms with Crippen LogP contribution in [0.2, 0.25) is 0 Å². The maximum Gasteiger partial charge on any atom is 0.269 e. The molecule has 0 radical (unpaired) electrons. The van der Waals surface area contributed by atoms with E-state index in [-0.39, 0.29) is 11.6 Å². The lowest BCUT2D eigenvalue weighted by molar-refractivity contribution is 0.500. The van der Waals surface area contributed by atoms with Gasteiger partial charge in [0.2, 0.25) is 0 Å². The molecule has 0 saturated heterocycles.